The highest BCUT2D eigenvalue weighted by molar-refractivity contribution is 5.99. The normalized spacial score (nSPS) is 25.1. The number of H-pyrrole nitrogens is 1. The number of amides is 1. The fourth-order valence-corrected chi connectivity index (χ4v) is 2.92. The monoisotopic (exact) mass is 289 g/mol. The number of hydrogen-bond acceptors (Lipinski definition) is 5. The minimum atomic E-state index is -0.922. The number of aliphatic carboxylic acids is 1. The van der Waals surface area contributed by atoms with Gasteiger partial charge in [-0.1, -0.05) is 6.92 Å². The zero-order valence-corrected chi connectivity index (χ0v) is 11.4. The van der Waals surface area contributed by atoms with Gasteiger partial charge in [-0.2, -0.15) is 0 Å². The highest BCUT2D eigenvalue weighted by Crippen LogP contribution is 2.37. The van der Waals surface area contributed by atoms with Crippen LogP contribution >= 0.6 is 0 Å². The van der Waals surface area contributed by atoms with Crippen molar-refractivity contribution in [2.24, 2.45) is 17.8 Å². The van der Waals surface area contributed by atoms with Crippen molar-refractivity contribution in [1.82, 2.24) is 19.9 Å². The van der Waals surface area contributed by atoms with Crippen molar-refractivity contribution in [3.8, 4) is 0 Å². The van der Waals surface area contributed by atoms with Crippen LogP contribution in [0.4, 0.5) is 5.82 Å². The second-order valence-electron chi connectivity index (χ2n) is 5.44. The Bertz CT molecular complexity index is 698. The summed E-state index contributed by atoms with van der Waals surface area (Å²) < 4.78 is 0. The van der Waals surface area contributed by atoms with Crippen LogP contribution in [0.15, 0.2) is 12.7 Å². The lowest BCUT2D eigenvalue weighted by atomic mass is 9.95. The van der Waals surface area contributed by atoms with Crippen molar-refractivity contribution in [2.75, 3.05) is 5.32 Å². The quantitative estimate of drug-likeness (QED) is 0.776. The maximum atomic E-state index is 12.4. The second-order valence-corrected chi connectivity index (χ2v) is 5.44. The zero-order chi connectivity index (χ0) is 15.0. The van der Waals surface area contributed by atoms with Gasteiger partial charge in [0.25, 0.3) is 0 Å². The lowest BCUT2D eigenvalue weighted by molar-refractivity contribution is -0.145. The predicted octanol–water partition coefficient (Wildman–Crippen LogP) is 1.04. The van der Waals surface area contributed by atoms with Gasteiger partial charge in [0, 0.05) is 0 Å². The topological polar surface area (TPSA) is 121 Å². The van der Waals surface area contributed by atoms with Crippen molar-refractivity contribution >= 4 is 28.9 Å². The van der Waals surface area contributed by atoms with Crippen LogP contribution in [0.25, 0.3) is 11.2 Å². The summed E-state index contributed by atoms with van der Waals surface area (Å²) in [5.74, 6) is -1.87. The lowest BCUT2D eigenvalue weighted by Gasteiger charge is -2.15. The number of hydrogen-bond donors (Lipinski definition) is 3. The largest absolute Gasteiger partial charge is 0.481 e. The number of carbonyl (C=O) groups is 2. The van der Waals surface area contributed by atoms with E-state index in [0.29, 0.717) is 29.8 Å². The number of aromatic nitrogens is 4. The Morgan fingerprint density at radius 1 is 1.29 bits per heavy atom. The number of imidazole rings is 1. The first-order valence-corrected chi connectivity index (χ1v) is 6.74. The van der Waals surface area contributed by atoms with Gasteiger partial charge in [-0.05, 0) is 18.8 Å². The van der Waals surface area contributed by atoms with E-state index in [-0.39, 0.29) is 11.8 Å². The van der Waals surface area contributed by atoms with Crippen molar-refractivity contribution in [2.45, 2.75) is 19.8 Å². The van der Waals surface area contributed by atoms with Crippen molar-refractivity contribution < 1.29 is 14.7 Å². The van der Waals surface area contributed by atoms with E-state index in [9.17, 15) is 14.7 Å². The Balaban J connectivity index is 1.83. The molecule has 2 aromatic rings. The Hall–Kier alpha value is -2.51. The number of nitrogens with zero attached hydrogens (tertiary/aromatic N) is 3. The maximum absolute atomic E-state index is 12.4. The second kappa shape index (κ2) is 5.12. The Morgan fingerprint density at radius 3 is 2.81 bits per heavy atom. The van der Waals surface area contributed by atoms with Crippen molar-refractivity contribution in [1.29, 1.82) is 0 Å². The van der Waals surface area contributed by atoms with Crippen molar-refractivity contribution in [3.63, 3.8) is 0 Å². The molecule has 2 heterocycles. The van der Waals surface area contributed by atoms with Crippen LogP contribution in [0.2, 0.25) is 0 Å². The van der Waals surface area contributed by atoms with E-state index in [1.165, 1.54) is 12.7 Å². The van der Waals surface area contributed by atoms with Gasteiger partial charge in [0.05, 0.1) is 18.2 Å². The van der Waals surface area contributed by atoms with Gasteiger partial charge >= 0.3 is 5.97 Å². The fraction of sp³-hybridized carbons (Fsp3) is 0.462. The Kier molecular flexibility index (Phi) is 3.28. The van der Waals surface area contributed by atoms with Crippen LogP contribution in [0.1, 0.15) is 19.8 Å². The molecular weight excluding hydrogens is 274 g/mol. The number of carboxylic acids is 1. The van der Waals surface area contributed by atoms with E-state index in [1.54, 1.807) is 0 Å². The third kappa shape index (κ3) is 2.44. The molecule has 8 nitrogen and oxygen atoms in total. The van der Waals surface area contributed by atoms with Gasteiger partial charge in [-0.3, -0.25) is 9.59 Å². The van der Waals surface area contributed by atoms with Crippen LogP contribution in [0.5, 0.6) is 0 Å². The molecule has 0 bridgehead atoms. The summed E-state index contributed by atoms with van der Waals surface area (Å²) in [6.07, 6.45) is 3.87. The highest BCUT2D eigenvalue weighted by Gasteiger charge is 2.41. The van der Waals surface area contributed by atoms with Crippen LogP contribution in [-0.2, 0) is 9.59 Å². The molecule has 3 N–H and O–H groups in total. The molecule has 0 aliphatic heterocycles. The number of nitrogens with one attached hydrogen (secondary N) is 2. The number of fused-ring (bicyclic) bond motifs is 1. The Morgan fingerprint density at radius 2 is 2.05 bits per heavy atom. The first-order valence-electron chi connectivity index (χ1n) is 6.74. The number of carbonyl (C=O) groups excluding carboxylic acids is 1. The van der Waals surface area contributed by atoms with Gasteiger partial charge in [-0.15, -0.1) is 0 Å². The number of rotatable bonds is 3. The zero-order valence-electron chi connectivity index (χ0n) is 11.4. The average Bonchev–Trinajstić information content (AvgIpc) is 3.05. The van der Waals surface area contributed by atoms with Gasteiger partial charge in [0.2, 0.25) is 5.91 Å². The molecule has 1 aliphatic carbocycles. The molecule has 2 aromatic heterocycles. The highest BCUT2D eigenvalue weighted by atomic mass is 16.4. The molecule has 21 heavy (non-hydrogen) atoms. The number of anilines is 1. The van der Waals surface area contributed by atoms with E-state index < -0.39 is 17.8 Å². The summed E-state index contributed by atoms with van der Waals surface area (Å²) in [5, 5.41) is 11.9. The molecule has 110 valence electrons. The molecule has 1 fully saturated rings. The summed E-state index contributed by atoms with van der Waals surface area (Å²) >= 11 is 0. The summed E-state index contributed by atoms with van der Waals surface area (Å²) in [5.41, 5.74) is 0.985. The molecule has 0 saturated heterocycles. The standard InChI is InChI=1S/C13H15N5O3/c1-6-2-7(8(3-6)13(20)21)12(19)18-11-9-10(15-4-14-9)16-5-17-11/h4-8H,2-3H2,1H3,(H,20,21)(H2,14,15,16,17,18,19). The lowest BCUT2D eigenvalue weighted by Crippen LogP contribution is -2.30. The van der Waals surface area contributed by atoms with Gasteiger partial charge < -0.3 is 15.4 Å². The van der Waals surface area contributed by atoms with Crippen LogP contribution in [0.3, 0.4) is 0 Å². The summed E-state index contributed by atoms with van der Waals surface area (Å²) in [4.78, 5) is 38.5. The summed E-state index contributed by atoms with van der Waals surface area (Å²) in [6, 6.07) is 0. The molecule has 1 amide bonds. The molecule has 1 saturated carbocycles. The molecule has 0 aromatic carbocycles. The average molecular weight is 289 g/mol. The minimum absolute atomic E-state index is 0.222. The smallest absolute Gasteiger partial charge is 0.307 e. The molecule has 3 rings (SSSR count). The van der Waals surface area contributed by atoms with Crippen LogP contribution in [0, 0.1) is 17.8 Å². The first-order chi connectivity index (χ1) is 10.1. The summed E-state index contributed by atoms with van der Waals surface area (Å²) in [7, 11) is 0. The third-order valence-electron chi connectivity index (χ3n) is 3.92. The van der Waals surface area contributed by atoms with E-state index in [2.05, 4.69) is 25.3 Å². The predicted molar refractivity (Wildman–Crippen MR) is 73.3 cm³/mol. The van der Waals surface area contributed by atoms with E-state index in [0.717, 1.165) is 0 Å². The first kappa shape index (κ1) is 13.5. The van der Waals surface area contributed by atoms with E-state index >= 15 is 0 Å². The maximum Gasteiger partial charge on any atom is 0.307 e. The van der Waals surface area contributed by atoms with Crippen molar-refractivity contribution in [3.05, 3.63) is 12.7 Å². The SMILES string of the molecule is CC1CC(C(=O)O)C(C(=O)Nc2ncnc3nc[nH]c23)C1. The molecule has 8 heteroatoms. The molecule has 1 aliphatic rings. The van der Waals surface area contributed by atoms with E-state index in [1.807, 2.05) is 6.92 Å². The number of carboxylic acid groups (broad SMARTS) is 1. The van der Waals surface area contributed by atoms with Gasteiger partial charge in [-0.25, -0.2) is 15.0 Å². The third-order valence-corrected chi connectivity index (χ3v) is 3.92. The fourth-order valence-electron chi connectivity index (χ4n) is 2.92. The van der Waals surface area contributed by atoms with Crippen LogP contribution < -0.4 is 5.32 Å². The molecule has 3 unspecified atom stereocenters. The van der Waals surface area contributed by atoms with Gasteiger partial charge in [0.1, 0.15) is 11.8 Å². The molecule has 0 radical (unpaired) electrons. The minimum Gasteiger partial charge on any atom is -0.481 e. The molecule has 3 atom stereocenters. The molecular formula is C13H15N5O3. The number of aromatic amines is 1. The molecule has 0 spiro atoms. The van der Waals surface area contributed by atoms with Crippen LogP contribution in [-0.4, -0.2) is 36.9 Å². The Labute approximate surface area is 120 Å². The van der Waals surface area contributed by atoms with Gasteiger partial charge in [0.15, 0.2) is 11.5 Å². The van der Waals surface area contributed by atoms with E-state index in [4.69, 9.17) is 0 Å². The summed E-state index contributed by atoms with van der Waals surface area (Å²) in [6.45, 7) is 1.96.